The number of rotatable bonds is 3. The number of hydrogen-bond acceptors (Lipinski definition) is 1. The number of amides is 1. The van der Waals surface area contributed by atoms with Crippen LogP contribution in [0.15, 0.2) is 36.4 Å². The largest absolute Gasteiger partial charge is 0.331 e. The van der Waals surface area contributed by atoms with Gasteiger partial charge in [0.2, 0.25) is 0 Å². The van der Waals surface area contributed by atoms with Crippen molar-refractivity contribution in [1.29, 1.82) is 0 Å². The van der Waals surface area contributed by atoms with Crippen LogP contribution in [-0.4, -0.2) is 5.91 Å². The molecule has 0 unspecified atom stereocenters. The monoisotopic (exact) mass is 321 g/mol. The van der Waals surface area contributed by atoms with Gasteiger partial charge in [0.05, 0.1) is 15.7 Å². The maximum absolute atomic E-state index is 11.9. The number of aryl methyl sites for hydroxylation is 2. The van der Waals surface area contributed by atoms with E-state index >= 15 is 0 Å². The van der Waals surface area contributed by atoms with Gasteiger partial charge in [-0.25, -0.2) is 15.1 Å². The van der Waals surface area contributed by atoms with Gasteiger partial charge in [0.15, 0.2) is 0 Å². The Kier molecular flexibility index (Phi) is 4.99. The van der Waals surface area contributed by atoms with Crippen LogP contribution in [0.3, 0.4) is 0 Å². The molecule has 2 N–H and O–H groups in total. The topological polar surface area (TPSA) is 43.2 Å². The summed E-state index contributed by atoms with van der Waals surface area (Å²) >= 11 is 11.8. The van der Waals surface area contributed by atoms with Gasteiger partial charge in [-0.05, 0) is 49.2 Å². The minimum Gasteiger partial charge on any atom is -0.245 e. The standard InChI is InChI=1S/C16H14Cl2N2O/c1-10-7-11(2)19-15(8-10)20-16(21)6-4-12-3-5-13(17)14(18)9-12/h3-9H,1-2H3,(H,19,20,21)/p+1. The highest BCUT2D eigenvalue weighted by molar-refractivity contribution is 6.42. The number of carbonyl (C=O) groups excluding carboxylic acids is 1. The molecular formula is C16H15Cl2N2O+. The number of H-pyrrole nitrogens is 1. The van der Waals surface area contributed by atoms with E-state index in [2.05, 4.69) is 10.3 Å². The number of pyridine rings is 1. The average Bonchev–Trinajstić information content (AvgIpc) is 2.39. The first-order chi connectivity index (χ1) is 9.94. The lowest BCUT2D eigenvalue weighted by Crippen LogP contribution is -2.19. The lowest BCUT2D eigenvalue weighted by atomic mass is 10.2. The highest BCUT2D eigenvalue weighted by Gasteiger charge is 2.08. The summed E-state index contributed by atoms with van der Waals surface area (Å²) in [5, 5.41) is 3.73. The molecule has 21 heavy (non-hydrogen) atoms. The number of anilines is 1. The number of hydrogen-bond donors (Lipinski definition) is 1. The summed E-state index contributed by atoms with van der Waals surface area (Å²) in [5.74, 6) is 0.443. The van der Waals surface area contributed by atoms with E-state index in [1.807, 2.05) is 26.0 Å². The van der Waals surface area contributed by atoms with Crippen molar-refractivity contribution < 1.29 is 9.78 Å². The van der Waals surface area contributed by atoms with Crippen LogP contribution in [0, 0.1) is 13.8 Å². The van der Waals surface area contributed by atoms with E-state index in [9.17, 15) is 4.79 Å². The molecule has 1 amide bonds. The Hall–Kier alpha value is -1.84. The molecule has 0 bridgehead atoms. The third-order valence-electron chi connectivity index (χ3n) is 2.78. The van der Waals surface area contributed by atoms with Crippen LogP contribution in [0.4, 0.5) is 5.82 Å². The second-order valence-corrected chi connectivity index (χ2v) is 5.56. The van der Waals surface area contributed by atoms with Gasteiger partial charge in [-0.2, -0.15) is 0 Å². The third kappa shape index (κ3) is 4.59. The SMILES string of the molecule is Cc1cc(C)[nH+]c(NC(=O)C=Cc2ccc(Cl)c(Cl)c2)c1. The Morgan fingerprint density at radius 3 is 2.57 bits per heavy atom. The molecule has 0 atom stereocenters. The normalized spacial score (nSPS) is 10.9. The first kappa shape index (κ1) is 15.5. The summed E-state index contributed by atoms with van der Waals surface area (Å²) in [7, 11) is 0. The van der Waals surface area contributed by atoms with Crippen molar-refractivity contribution >= 4 is 41.0 Å². The molecule has 2 rings (SSSR count). The minimum absolute atomic E-state index is 0.220. The summed E-state index contributed by atoms with van der Waals surface area (Å²) in [5.41, 5.74) is 2.87. The second-order valence-electron chi connectivity index (χ2n) is 4.75. The van der Waals surface area contributed by atoms with E-state index in [0.717, 1.165) is 16.8 Å². The molecule has 3 nitrogen and oxygen atoms in total. The minimum atomic E-state index is -0.220. The van der Waals surface area contributed by atoms with Gasteiger partial charge in [-0.3, -0.25) is 0 Å². The zero-order chi connectivity index (χ0) is 15.4. The van der Waals surface area contributed by atoms with Gasteiger partial charge >= 0.3 is 5.91 Å². The Morgan fingerprint density at radius 2 is 1.90 bits per heavy atom. The van der Waals surface area contributed by atoms with E-state index in [0.29, 0.717) is 15.9 Å². The molecule has 1 heterocycles. The van der Waals surface area contributed by atoms with E-state index in [1.165, 1.54) is 6.08 Å². The third-order valence-corrected chi connectivity index (χ3v) is 3.52. The predicted octanol–water partition coefficient (Wildman–Crippen LogP) is 4.08. The molecule has 0 radical (unpaired) electrons. The number of nitrogens with one attached hydrogen (secondary N) is 2. The predicted molar refractivity (Wildman–Crippen MR) is 86.6 cm³/mol. The fourth-order valence-electron chi connectivity index (χ4n) is 1.93. The van der Waals surface area contributed by atoms with Crippen molar-refractivity contribution in [2.45, 2.75) is 13.8 Å². The Balaban J connectivity index is 2.07. The van der Waals surface area contributed by atoms with E-state index < -0.39 is 0 Å². The van der Waals surface area contributed by atoms with Gasteiger partial charge in [0.25, 0.3) is 5.82 Å². The summed E-state index contributed by atoms with van der Waals surface area (Å²) in [6.45, 7) is 3.91. The Bertz CT molecular complexity index is 691. The van der Waals surface area contributed by atoms with Crippen LogP contribution in [0.5, 0.6) is 0 Å². The fourth-order valence-corrected chi connectivity index (χ4v) is 2.23. The summed E-state index contributed by atoms with van der Waals surface area (Å²) in [6.07, 6.45) is 3.13. The Labute approximate surface area is 133 Å². The van der Waals surface area contributed by atoms with Crippen molar-refractivity contribution in [3.63, 3.8) is 0 Å². The van der Waals surface area contributed by atoms with E-state index in [-0.39, 0.29) is 5.91 Å². The number of aromatic nitrogens is 1. The molecule has 0 aliphatic heterocycles. The van der Waals surface area contributed by atoms with Crippen LogP contribution in [0.2, 0.25) is 10.0 Å². The summed E-state index contributed by atoms with van der Waals surface area (Å²) in [4.78, 5) is 15.0. The van der Waals surface area contributed by atoms with Crippen molar-refractivity contribution in [3.8, 4) is 0 Å². The number of benzene rings is 1. The van der Waals surface area contributed by atoms with E-state index in [4.69, 9.17) is 23.2 Å². The second kappa shape index (κ2) is 6.74. The molecule has 0 saturated heterocycles. The van der Waals surface area contributed by atoms with Crippen LogP contribution in [-0.2, 0) is 4.79 Å². The van der Waals surface area contributed by atoms with Crippen molar-refractivity contribution in [1.82, 2.24) is 0 Å². The molecule has 2 aromatic rings. The number of aromatic amines is 1. The van der Waals surface area contributed by atoms with Gasteiger partial charge < -0.3 is 0 Å². The molecule has 108 valence electrons. The van der Waals surface area contributed by atoms with E-state index in [1.54, 1.807) is 24.3 Å². The zero-order valence-corrected chi connectivity index (χ0v) is 13.2. The van der Waals surface area contributed by atoms with Gasteiger partial charge in [-0.1, -0.05) is 29.3 Å². The molecule has 0 spiro atoms. The summed E-state index contributed by atoms with van der Waals surface area (Å²) < 4.78 is 0. The number of halogens is 2. The molecule has 1 aromatic carbocycles. The van der Waals surface area contributed by atoms with Crippen molar-refractivity contribution in [3.05, 3.63) is 63.3 Å². The quantitative estimate of drug-likeness (QED) is 0.850. The van der Waals surface area contributed by atoms with Crippen LogP contribution < -0.4 is 10.3 Å². The van der Waals surface area contributed by atoms with Crippen LogP contribution in [0.25, 0.3) is 6.08 Å². The molecule has 0 fully saturated rings. The highest BCUT2D eigenvalue weighted by Crippen LogP contribution is 2.23. The maximum Gasteiger partial charge on any atom is 0.331 e. The van der Waals surface area contributed by atoms with Crippen molar-refractivity contribution in [2.75, 3.05) is 5.32 Å². The first-order valence-corrected chi connectivity index (χ1v) is 7.14. The molecule has 0 aliphatic carbocycles. The molecule has 1 aromatic heterocycles. The first-order valence-electron chi connectivity index (χ1n) is 6.39. The maximum atomic E-state index is 11.9. The Morgan fingerprint density at radius 1 is 1.14 bits per heavy atom. The smallest absolute Gasteiger partial charge is 0.245 e. The van der Waals surface area contributed by atoms with Gasteiger partial charge in [0.1, 0.15) is 0 Å². The average molecular weight is 322 g/mol. The molecule has 5 heteroatoms. The molecular weight excluding hydrogens is 307 g/mol. The summed E-state index contributed by atoms with van der Waals surface area (Å²) in [6, 6.07) is 9.07. The lowest BCUT2D eigenvalue weighted by molar-refractivity contribution is -0.370. The highest BCUT2D eigenvalue weighted by atomic mass is 35.5. The van der Waals surface area contributed by atoms with Crippen molar-refractivity contribution in [2.24, 2.45) is 0 Å². The molecule has 0 aliphatic rings. The van der Waals surface area contributed by atoms with Gasteiger partial charge in [0, 0.05) is 12.1 Å². The lowest BCUT2D eigenvalue weighted by Gasteiger charge is -1.99. The zero-order valence-electron chi connectivity index (χ0n) is 11.7. The fraction of sp³-hybridized carbons (Fsp3) is 0.125. The number of carbonyl (C=O) groups is 1. The molecule has 0 saturated carbocycles. The van der Waals surface area contributed by atoms with Crippen LogP contribution >= 0.6 is 23.2 Å². The van der Waals surface area contributed by atoms with Crippen LogP contribution in [0.1, 0.15) is 16.8 Å². The van der Waals surface area contributed by atoms with Gasteiger partial charge in [-0.15, -0.1) is 0 Å².